The maximum atomic E-state index is 11.1. The lowest BCUT2D eigenvalue weighted by Crippen LogP contribution is -2.08. The van der Waals surface area contributed by atoms with Crippen LogP contribution in [0.1, 0.15) is 18.7 Å². The zero-order valence-electron chi connectivity index (χ0n) is 7.99. The maximum Gasteiger partial charge on any atom is 0.331 e. The van der Waals surface area contributed by atoms with Gasteiger partial charge in [0.2, 0.25) is 0 Å². The lowest BCUT2D eigenvalue weighted by Gasteiger charge is -2.03. The SMILES string of the molecule is CC(C)OC(=O)C=Cc1ccc(Cl)s1. The topological polar surface area (TPSA) is 26.3 Å². The van der Waals surface area contributed by atoms with Gasteiger partial charge in [0.1, 0.15) is 0 Å². The Morgan fingerprint density at radius 2 is 2.29 bits per heavy atom. The van der Waals surface area contributed by atoms with Crippen molar-refractivity contribution in [2.75, 3.05) is 0 Å². The lowest BCUT2D eigenvalue weighted by atomic mass is 10.4. The summed E-state index contributed by atoms with van der Waals surface area (Å²) < 4.78 is 5.63. The Bertz CT molecular complexity index is 342. The van der Waals surface area contributed by atoms with Gasteiger partial charge in [-0.15, -0.1) is 11.3 Å². The molecule has 0 amide bonds. The number of carbonyl (C=O) groups is 1. The first-order valence-corrected chi connectivity index (χ1v) is 5.41. The van der Waals surface area contributed by atoms with Crippen LogP contribution in [-0.2, 0) is 9.53 Å². The molecule has 0 radical (unpaired) electrons. The molecular formula is C10H11ClO2S. The molecule has 1 rings (SSSR count). The van der Waals surface area contributed by atoms with Crippen LogP contribution >= 0.6 is 22.9 Å². The Balaban J connectivity index is 2.51. The Kier molecular flexibility index (Phi) is 4.17. The van der Waals surface area contributed by atoms with Crippen LogP contribution in [0.3, 0.4) is 0 Å². The molecule has 0 spiro atoms. The van der Waals surface area contributed by atoms with Crippen LogP contribution in [0, 0.1) is 0 Å². The highest BCUT2D eigenvalue weighted by atomic mass is 35.5. The maximum absolute atomic E-state index is 11.1. The fraction of sp³-hybridized carbons (Fsp3) is 0.300. The molecule has 1 aromatic rings. The quantitative estimate of drug-likeness (QED) is 0.588. The first-order chi connectivity index (χ1) is 6.58. The fourth-order valence-corrected chi connectivity index (χ4v) is 1.80. The molecule has 0 aliphatic heterocycles. The molecule has 0 saturated heterocycles. The van der Waals surface area contributed by atoms with Crippen molar-refractivity contribution in [2.24, 2.45) is 0 Å². The molecule has 76 valence electrons. The van der Waals surface area contributed by atoms with Gasteiger partial charge in [-0.2, -0.15) is 0 Å². The van der Waals surface area contributed by atoms with Crippen molar-refractivity contribution in [3.8, 4) is 0 Å². The minimum absolute atomic E-state index is 0.0842. The molecule has 1 heterocycles. The average molecular weight is 231 g/mol. The molecule has 14 heavy (non-hydrogen) atoms. The average Bonchev–Trinajstić information content (AvgIpc) is 2.47. The minimum Gasteiger partial charge on any atom is -0.460 e. The zero-order chi connectivity index (χ0) is 10.6. The first kappa shape index (κ1) is 11.3. The van der Waals surface area contributed by atoms with Crippen molar-refractivity contribution >= 4 is 35.0 Å². The molecule has 0 saturated carbocycles. The molecule has 0 aliphatic carbocycles. The molecule has 2 nitrogen and oxygen atoms in total. The summed E-state index contributed by atoms with van der Waals surface area (Å²) in [5.74, 6) is -0.329. The highest BCUT2D eigenvalue weighted by Gasteiger charge is 2.00. The number of esters is 1. The van der Waals surface area contributed by atoms with E-state index in [0.717, 1.165) is 4.88 Å². The van der Waals surface area contributed by atoms with Crippen LogP contribution in [0.4, 0.5) is 0 Å². The van der Waals surface area contributed by atoms with E-state index in [-0.39, 0.29) is 12.1 Å². The summed E-state index contributed by atoms with van der Waals surface area (Å²) in [6.45, 7) is 3.63. The summed E-state index contributed by atoms with van der Waals surface area (Å²) in [5.41, 5.74) is 0. The monoisotopic (exact) mass is 230 g/mol. The van der Waals surface area contributed by atoms with Gasteiger partial charge >= 0.3 is 5.97 Å². The molecule has 0 atom stereocenters. The van der Waals surface area contributed by atoms with Gasteiger partial charge in [-0.1, -0.05) is 11.6 Å². The fourth-order valence-electron chi connectivity index (χ4n) is 0.840. The Morgan fingerprint density at radius 3 is 2.79 bits per heavy atom. The molecule has 0 bridgehead atoms. The summed E-state index contributed by atoms with van der Waals surface area (Å²) in [6.07, 6.45) is 3.02. The molecule has 0 unspecified atom stereocenters. The van der Waals surface area contributed by atoms with E-state index in [4.69, 9.17) is 16.3 Å². The Labute approximate surface area is 92.2 Å². The van der Waals surface area contributed by atoms with Gasteiger partial charge in [-0.3, -0.25) is 0 Å². The van der Waals surface area contributed by atoms with Gasteiger partial charge in [-0.05, 0) is 32.1 Å². The second kappa shape index (κ2) is 5.17. The van der Waals surface area contributed by atoms with E-state index >= 15 is 0 Å². The van der Waals surface area contributed by atoms with Crippen molar-refractivity contribution in [3.05, 3.63) is 27.4 Å². The third kappa shape index (κ3) is 3.94. The van der Waals surface area contributed by atoms with Crippen molar-refractivity contribution in [1.29, 1.82) is 0 Å². The number of halogens is 1. The van der Waals surface area contributed by atoms with Crippen molar-refractivity contribution in [2.45, 2.75) is 20.0 Å². The third-order valence-corrected chi connectivity index (χ3v) is 2.53. The van der Waals surface area contributed by atoms with E-state index in [1.54, 1.807) is 12.1 Å². The molecular weight excluding hydrogens is 220 g/mol. The summed E-state index contributed by atoms with van der Waals surface area (Å²) in [4.78, 5) is 12.0. The summed E-state index contributed by atoms with van der Waals surface area (Å²) >= 11 is 7.15. The highest BCUT2D eigenvalue weighted by molar-refractivity contribution is 7.17. The van der Waals surface area contributed by atoms with E-state index in [2.05, 4.69) is 0 Å². The molecule has 4 heteroatoms. The van der Waals surface area contributed by atoms with Gasteiger partial charge < -0.3 is 4.74 Å². The predicted octanol–water partition coefficient (Wildman–Crippen LogP) is 3.37. The first-order valence-electron chi connectivity index (χ1n) is 4.22. The number of ether oxygens (including phenoxy) is 1. The number of hydrogen-bond donors (Lipinski definition) is 0. The van der Waals surface area contributed by atoms with Crippen LogP contribution in [0.2, 0.25) is 4.34 Å². The normalized spacial score (nSPS) is 11.1. The Hall–Kier alpha value is -0.800. The van der Waals surface area contributed by atoms with E-state index < -0.39 is 0 Å². The largest absolute Gasteiger partial charge is 0.460 e. The van der Waals surface area contributed by atoms with Gasteiger partial charge in [0.25, 0.3) is 0 Å². The van der Waals surface area contributed by atoms with Crippen molar-refractivity contribution in [3.63, 3.8) is 0 Å². The summed E-state index contributed by atoms with van der Waals surface area (Å²) in [7, 11) is 0. The van der Waals surface area contributed by atoms with Gasteiger partial charge in [0.05, 0.1) is 10.4 Å². The minimum atomic E-state index is -0.329. The van der Waals surface area contributed by atoms with Crippen molar-refractivity contribution < 1.29 is 9.53 Å². The van der Waals surface area contributed by atoms with Gasteiger partial charge in [-0.25, -0.2) is 4.79 Å². The van der Waals surface area contributed by atoms with Gasteiger partial charge in [0, 0.05) is 11.0 Å². The highest BCUT2D eigenvalue weighted by Crippen LogP contribution is 2.22. The zero-order valence-corrected chi connectivity index (χ0v) is 9.56. The summed E-state index contributed by atoms with van der Waals surface area (Å²) in [6, 6.07) is 3.64. The van der Waals surface area contributed by atoms with E-state index in [0.29, 0.717) is 4.34 Å². The Morgan fingerprint density at radius 1 is 1.57 bits per heavy atom. The molecule has 0 fully saturated rings. The van der Waals surface area contributed by atoms with Gasteiger partial charge in [0.15, 0.2) is 0 Å². The molecule has 0 N–H and O–H groups in total. The smallest absolute Gasteiger partial charge is 0.331 e. The molecule has 1 aromatic heterocycles. The van der Waals surface area contributed by atoms with Crippen LogP contribution < -0.4 is 0 Å². The van der Waals surface area contributed by atoms with Crippen LogP contribution in [0.5, 0.6) is 0 Å². The predicted molar refractivity (Wildman–Crippen MR) is 59.6 cm³/mol. The molecule has 0 aliphatic rings. The van der Waals surface area contributed by atoms with Crippen LogP contribution in [0.25, 0.3) is 6.08 Å². The number of carbonyl (C=O) groups excluding carboxylic acids is 1. The molecule has 0 aromatic carbocycles. The van der Waals surface area contributed by atoms with E-state index in [1.807, 2.05) is 19.9 Å². The van der Waals surface area contributed by atoms with E-state index in [9.17, 15) is 4.79 Å². The van der Waals surface area contributed by atoms with Crippen molar-refractivity contribution in [1.82, 2.24) is 0 Å². The number of thiophene rings is 1. The second-order valence-corrected chi connectivity index (χ2v) is 4.71. The summed E-state index contributed by atoms with van der Waals surface area (Å²) in [5, 5.41) is 0. The number of hydrogen-bond acceptors (Lipinski definition) is 3. The second-order valence-electron chi connectivity index (χ2n) is 2.96. The third-order valence-electron chi connectivity index (χ3n) is 1.33. The van der Waals surface area contributed by atoms with Crippen LogP contribution in [0.15, 0.2) is 18.2 Å². The lowest BCUT2D eigenvalue weighted by molar-refractivity contribution is -0.141. The van der Waals surface area contributed by atoms with Crippen LogP contribution in [-0.4, -0.2) is 12.1 Å². The standard InChI is InChI=1S/C10H11ClO2S/c1-7(2)13-10(12)6-4-8-3-5-9(11)14-8/h3-7H,1-2H3. The number of rotatable bonds is 3. The van der Waals surface area contributed by atoms with E-state index in [1.165, 1.54) is 17.4 Å².